The highest BCUT2D eigenvalue weighted by Gasteiger charge is 2.20. The largest absolute Gasteiger partial charge is 0.314 e. The zero-order valence-electron chi connectivity index (χ0n) is 9.89. The number of hydrogen-bond acceptors (Lipinski definition) is 5. The van der Waals surface area contributed by atoms with E-state index in [-0.39, 0.29) is 5.91 Å². The van der Waals surface area contributed by atoms with E-state index in [2.05, 4.69) is 32.4 Å². The Morgan fingerprint density at radius 2 is 2.35 bits per heavy atom. The minimum atomic E-state index is -0.0649. The molecule has 1 aromatic heterocycles. The van der Waals surface area contributed by atoms with Crippen LogP contribution in [0.5, 0.6) is 0 Å². The van der Waals surface area contributed by atoms with Crippen molar-refractivity contribution < 1.29 is 4.79 Å². The monoisotopic (exact) mass is 235 g/mol. The van der Waals surface area contributed by atoms with Crippen molar-refractivity contribution in [1.29, 1.82) is 0 Å². The van der Waals surface area contributed by atoms with Crippen LogP contribution < -0.4 is 10.6 Å². The van der Waals surface area contributed by atoms with Crippen LogP contribution in [0.4, 0.5) is 5.95 Å². The average molecular weight is 235 g/mol. The number of nitrogens with one attached hydrogen (secondary N) is 2. The normalized spacial score (nSPS) is 21.1. The van der Waals surface area contributed by atoms with Gasteiger partial charge in [-0.15, -0.1) is 0 Å². The van der Waals surface area contributed by atoms with Crippen LogP contribution in [-0.4, -0.2) is 53.0 Å². The van der Waals surface area contributed by atoms with Gasteiger partial charge < -0.3 is 5.32 Å². The van der Waals surface area contributed by atoms with Crippen molar-refractivity contribution in [2.24, 2.45) is 0 Å². The van der Waals surface area contributed by atoms with E-state index in [4.69, 9.17) is 0 Å². The molecule has 0 unspecified atom stereocenters. The smallest absolute Gasteiger partial charge is 0.240 e. The predicted molar refractivity (Wildman–Crippen MR) is 64.6 cm³/mol. The van der Waals surface area contributed by atoms with Gasteiger partial charge >= 0.3 is 0 Å². The summed E-state index contributed by atoms with van der Waals surface area (Å²) in [5.41, 5.74) is 0. The summed E-state index contributed by atoms with van der Waals surface area (Å²) in [4.78, 5) is 21.8. The van der Waals surface area contributed by atoms with Crippen molar-refractivity contribution in [3.63, 3.8) is 0 Å². The lowest BCUT2D eigenvalue weighted by molar-refractivity contribution is -0.118. The molecule has 0 bridgehead atoms. The summed E-state index contributed by atoms with van der Waals surface area (Å²) in [5.74, 6) is 0.297. The molecular weight excluding hydrogens is 218 g/mol. The predicted octanol–water partition coefficient (Wildman–Crippen LogP) is -0.291. The van der Waals surface area contributed by atoms with Crippen LogP contribution in [0.25, 0.3) is 0 Å². The van der Waals surface area contributed by atoms with Crippen LogP contribution >= 0.6 is 0 Å². The Balaban J connectivity index is 1.84. The summed E-state index contributed by atoms with van der Waals surface area (Å²) in [5, 5.41) is 5.98. The Morgan fingerprint density at radius 3 is 3.06 bits per heavy atom. The molecular formula is C11H17N5O. The molecule has 0 aliphatic carbocycles. The van der Waals surface area contributed by atoms with E-state index in [9.17, 15) is 4.79 Å². The van der Waals surface area contributed by atoms with E-state index in [0.29, 0.717) is 18.5 Å². The Kier molecular flexibility index (Phi) is 4.00. The van der Waals surface area contributed by atoms with Gasteiger partial charge in [-0.3, -0.25) is 15.0 Å². The summed E-state index contributed by atoms with van der Waals surface area (Å²) in [6, 6.07) is 2.10. The Morgan fingerprint density at radius 1 is 1.59 bits per heavy atom. The van der Waals surface area contributed by atoms with Gasteiger partial charge in [0.05, 0.1) is 6.54 Å². The minimum absolute atomic E-state index is 0.0649. The van der Waals surface area contributed by atoms with Crippen molar-refractivity contribution in [3.8, 4) is 0 Å². The van der Waals surface area contributed by atoms with Gasteiger partial charge in [0.2, 0.25) is 11.9 Å². The molecule has 1 aromatic rings. The van der Waals surface area contributed by atoms with Crippen LogP contribution in [0.15, 0.2) is 18.5 Å². The SMILES string of the molecule is C[C@H]1CNCCN1CC(=O)Nc1ncccn1. The lowest BCUT2D eigenvalue weighted by Gasteiger charge is -2.33. The van der Waals surface area contributed by atoms with Crippen LogP contribution in [0.1, 0.15) is 6.92 Å². The maximum absolute atomic E-state index is 11.8. The fourth-order valence-electron chi connectivity index (χ4n) is 1.83. The minimum Gasteiger partial charge on any atom is -0.314 e. The van der Waals surface area contributed by atoms with Crippen molar-refractivity contribution in [2.45, 2.75) is 13.0 Å². The standard InChI is InChI=1S/C11H17N5O/c1-9-7-12-5-6-16(9)8-10(17)15-11-13-3-2-4-14-11/h2-4,9,12H,5-8H2,1H3,(H,13,14,15,17)/t9-/m0/s1. The zero-order chi connectivity index (χ0) is 12.1. The molecule has 1 aliphatic heterocycles. The maximum atomic E-state index is 11.8. The molecule has 6 nitrogen and oxygen atoms in total. The van der Waals surface area contributed by atoms with Crippen molar-refractivity contribution in [3.05, 3.63) is 18.5 Å². The second kappa shape index (κ2) is 5.70. The molecule has 1 saturated heterocycles. The molecule has 0 saturated carbocycles. The summed E-state index contributed by atoms with van der Waals surface area (Å²) in [6.45, 7) is 5.25. The number of hydrogen-bond donors (Lipinski definition) is 2. The molecule has 1 atom stereocenters. The first-order valence-corrected chi connectivity index (χ1v) is 5.77. The van der Waals surface area contributed by atoms with Gasteiger partial charge in [0.25, 0.3) is 0 Å². The quantitative estimate of drug-likeness (QED) is 0.753. The first-order valence-electron chi connectivity index (χ1n) is 5.77. The molecule has 0 spiro atoms. The molecule has 2 N–H and O–H groups in total. The van der Waals surface area contributed by atoms with E-state index in [1.54, 1.807) is 18.5 Å². The van der Waals surface area contributed by atoms with Crippen molar-refractivity contribution in [1.82, 2.24) is 20.2 Å². The van der Waals surface area contributed by atoms with E-state index in [0.717, 1.165) is 19.6 Å². The zero-order valence-corrected chi connectivity index (χ0v) is 9.89. The summed E-state index contributed by atoms with van der Waals surface area (Å²) < 4.78 is 0. The maximum Gasteiger partial charge on any atom is 0.240 e. The molecule has 2 rings (SSSR count). The molecule has 1 fully saturated rings. The number of carbonyl (C=O) groups excluding carboxylic acids is 1. The van der Waals surface area contributed by atoms with Gasteiger partial charge in [-0.25, -0.2) is 9.97 Å². The first-order chi connectivity index (χ1) is 8.25. The molecule has 0 aromatic carbocycles. The summed E-state index contributed by atoms with van der Waals surface area (Å²) in [6.07, 6.45) is 3.21. The number of rotatable bonds is 3. The van der Waals surface area contributed by atoms with Gasteiger partial charge in [0.15, 0.2) is 0 Å². The van der Waals surface area contributed by atoms with E-state index in [1.807, 2.05) is 0 Å². The van der Waals surface area contributed by atoms with Crippen molar-refractivity contribution in [2.75, 3.05) is 31.5 Å². The van der Waals surface area contributed by atoms with E-state index >= 15 is 0 Å². The molecule has 1 aliphatic rings. The molecule has 17 heavy (non-hydrogen) atoms. The van der Waals surface area contributed by atoms with Crippen LogP contribution in [0, 0.1) is 0 Å². The highest BCUT2D eigenvalue weighted by Crippen LogP contribution is 2.02. The number of nitrogens with zero attached hydrogens (tertiary/aromatic N) is 3. The van der Waals surface area contributed by atoms with Crippen molar-refractivity contribution >= 4 is 11.9 Å². The van der Waals surface area contributed by atoms with Gasteiger partial charge in [-0.1, -0.05) is 0 Å². The Hall–Kier alpha value is -1.53. The molecule has 1 amide bonds. The molecule has 0 radical (unpaired) electrons. The van der Waals surface area contributed by atoms with Crippen LogP contribution in [-0.2, 0) is 4.79 Å². The lowest BCUT2D eigenvalue weighted by atomic mass is 10.2. The Bertz CT molecular complexity index is 369. The number of amides is 1. The fraction of sp³-hybridized carbons (Fsp3) is 0.545. The van der Waals surface area contributed by atoms with Crippen LogP contribution in [0.2, 0.25) is 0 Å². The van der Waals surface area contributed by atoms with E-state index in [1.165, 1.54) is 0 Å². The van der Waals surface area contributed by atoms with Gasteiger partial charge in [-0.05, 0) is 13.0 Å². The highest BCUT2D eigenvalue weighted by molar-refractivity contribution is 5.90. The average Bonchev–Trinajstić information content (AvgIpc) is 2.33. The second-order valence-corrected chi connectivity index (χ2v) is 4.14. The molecule has 2 heterocycles. The fourth-order valence-corrected chi connectivity index (χ4v) is 1.83. The number of anilines is 1. The lowest BCUT2D eigenvalue weighted by Crippen LogP contribution is -2.52. The third-order valence-electron chi connectivity index (χ3n) is 2.80. The molecule has 92 valence electrons. The number of aromatic nitrogens is 2. The first kappa shape index (κ1) is 11.9. The topological polar surface area (TPSA) is 70.2 Å². The third-order valence-corrected chi connectivity index (χ3v) is 2.80. The van der Waals surface area contributed by atoms with Gasteiger partial charge in [0, 0.05) is 38.1 Å². The number of carbonyl (C=O) groups is 1. The second-order valence-electron chi connectivity index (χ2n) is 4.14. The van der Waals surface area contributed by atoms with Gasteiger partial charge in [-0.2, -0.15) is 0 Å². The summed E-state index contributed by atoms with van der Waals surface area (Å²) >= 11 is 0. The third kappa shape index (κ3) is 3.47. The van der Waals surface area contributed by atoms with Gasteiger partial charge in [0.1, 0.15) is 0 Å². The Labute approximate surface area is 100 Å². The van der Waals surface area contributed by atoms with E-state index < -0.39 is 0 Å². The highest BCUT2D eigenvalue weighted by atomic mass is 16.2. The summed E-state index contributed by atoms with van der Waals surface area (Å²) in [7, 11) is 0. The van der Waals surface area contributed by atoms with Crippen LogP contribution in [0.3, 0.4) is 0 Å². The molecule has 6 heteroatoms. The number of piperazine rings is 1.